The van der Waals surface area contributed by atoms with Crippen LogP contribution < -0.4 is 5.32 Å². The van der Waals surface area contributed by atoms with Gasteiger partial charge in [0.2, 0.25) is 0 Å². The van der Waals surface area contributed by atoms with Crippen LogP contribution in [0, 0.1) is 6.92 Å². The van der Waals surface area contributed by atoms with Crippen molar-refractivity contribution >= 4 is 27.9 Å². The van der Waals surface area contributed by atoms with Crippen LogP contribution in [-0.4, -0.2) is 15.3 Å². The maximum Gasteiger partial charge on any atom is 0.255 e. The summed E-state index contributed by atoms with van der Waals surface area (Å²) in [7, 11) is 0. The van der Waals surface area contributed by atoms with Crippen LogP contribution in [0.15, 0.2) is 66.3 Å². The van der Waals surface area contributed by atoms with E-state index in [9.17, 15) is 4.79 Å². The summed E-state index contributed by atoms with van der Waals surface area (Å²) in [5.74, 6) is -0.101. The number of benzene rings is 2. The Hall–Kier alpha value is -2.92. The van der Waals surface area contributed by atoms with Crippen molar-refractivity contribution in [3.8, 4) is 11.3 Å². The van der Waals surface area contributed by atoms with E-state index in [0.29, 0.717) is 5.56 Å². The largest absolute Gasteiger partial charge is 0.322 e. The van der Waals surface area contributed by atoms with Gasteiger partial charge in [-0.3, -0.25) is 9.20 Å². The fraction of sp³-hybridized carbons (Fsp3) is 0.0526. The Morgan fingerprint density at radius 3 is 2.88 bits per heavy atom. The van der Waals surface area contributed by atoms with Crippen LogP contribution in [0.3, 0.4) is 0 Å². The van der Waals surface area contributed by atoms with E-state index in [4.69, 9.17) is 0 Å². The third kappa shape index (κ3) is 2.70. The van der Waals surface area contributed by atoms with E-state index in [1.54, 1.807) is 11.3 Å². The highest BCUT2D eigenvalue weighted by molar-refractivity contribution is 7.15. The van der Waals surface area contributed by atoms with Crippen LogP contribution in [0.4, 0.5) is 5.69 Å². The lowest BCUT2D eigenvalue weighted by atomic mass is 10.1. The summed E-state index contributed by atoms with van der Waals surface area (Å²) >= 11 is 1.60. The maximum absolute atomic E-state index is 12.5. The van der Waals surface area contributed by atoms with Gasteiger partial charge in [0, 0.05) is 34.6 Å². The molecule has 4 rings (SSSR count). The predicted octanol–water partition coefficient (Wildman–Crippen LogP) is 4.62. The molecule has 2 heterocycles. The number of carbonyl (C=O) groups is 1. The van der Waals surface area contributed by atoms with Crippen LogP contribution in [0.5, 0.6) is 0 Å². The molecule has 0 fully saturated rings. The lowest BCUT2D eigenvalue weighted by Gasteiger charge is -2.08. The Morgan fingerprint density at radius 2 is 2.04 bits per heavy atom. The van der Waals surface area contributed by atoms with Gasteiger partial charge in [0.1, 0.15) is 0 Å². The van der Waals surface area contributed by atoms with Crippen molar-refractivity contribution in [3.63, 3.8) is 0 Å². The van der Waals surface area contributed by atoms with E-state index in [0.717, 1.165) is 27.5 Å². The maximum atomic E-state index is 12.5. The summed E-state index contributed by atoms with van der Waals surface area (Å²) in [6.45, 7) is 1.93. The van der Waals surface area contributed by atoms with E-state index in [1.807, 2.05) is 77.6 Å². The summed E-state index contributed by atoms with van der Waals surface area (Å²) in [5, 5.41) is 4.97. The van der Waals surface area contributed by atoms with Gasteiger partial charge >= 0.3 is 0 Å². The Bertz CT molecular complexity index is 1000. The lowest BCUT2D eigenvalue weighted by molar-refractivity contribution is 0.102. The average Bonchev–Trinajstić information content (AvgIpc) is 3.17. The second-order valence-electron chi connectivity index (χ2n) is 5.57. The van der Waals surface area contributed by atoms with Gasteiger partial charge in [-0.2, -0.15) is 0 Å². The lowest BCUT2D eigenvalue weighted by Crippen LogP contribution is -2.13. The Kier molecular flexibility index (Phi) is 3.63. The van der Waals surface area contributed by atoms with Gasteiger partial charge in [-0.05, 0) is 30.7 Å². The molecule has 0 saturated carbocycles. The van der Waals surface area contributed by atoms with Crippen molar-refractivity contribution in [2.24, 2.45) is 0 Å². The summed E-state index contributed by atoms with van der Waals surface area (Å²) < 4.78 is 2.00. The summed E-state index contributed by atoms with van der Waals surface area (Å²) in [4.78, 5) is 18.0. The molecule has 1 amide bonds. The molecular weight excluding hydrogens is 318 g/mol. The van der Waals surface area contributed by atoms with Crippen molar-refractivity contribution in [1.29, 1.82) is 0 Å². The molecule has 24 heavy (non-hydrogen) atoms. The summed E-state index contributed by atoms with van der Waals surface area (Å²) in [6.07, 6.45) is 3.98. The molecule has 0 atom stereocenters. The zero-order chi connectivity index (χ0) is 16.5. The molecular formula is C19H15N3OS. The quantitative estimate of drug-likeness (QED) is 0.594. The van der Waals surface area contributed by atoms with Crippen molar-refractivity contribution in [2.75, 3.05) is 5.32 Å². The molecule has 0 radical (unpaired) electrons. The van der Waals surface area contributed by atoms with Crippen LogP contribution in [0.25, 0.3) is 16.2 Å². The van der Waals surface area contributed by atoms with Gasteiger partial charge in [0.25, 0.3) is 5.91 Å². The normalized spacial score (nSPS) is 10.9. The number of rotatable bonds is 3. The van der Waals surface area contributed by atoms with Crippen molar-refractivity contribution < 1.29 is 4.79 Å². The number of hydrogen-bond donors (Lipinski definition) is 1. The first-order valence-corrected chi connectivity index (χ1v) is 8.48. The number of hydrogen-bond acceptors (Lipinski definition) is 3. The van der Waals surface area contributed by atoms with Gasteiger partial charge in [-0.15, -0.1) is 11.3 Å². The smallest absolute Gasteiger partial charge is 0.255 e. The number of anilines is 1. The minimum atomic E-state index is -0.101. The van der Waals surface area contributed by atoms with Gasteiger partial charge in [0.05, 0.1) is 5.69 Å². The van der Waals surface area contributed by atoms with Gasteiger partial charge < -0.3 is 5.32 Å². The molecule has 1 N–H and O–H groups in total. The van der Waals surface area contributed by atoms with Crippen LogP contribution in [0.1, 0.15) is 15.9 Å². The van der Waals surface area contributed by atoms with Crippen LogP contribution >= 0.6 is 11.3 Å². The zero-order valence-corrected chi connectivity index (χ0v) is 13.9. The number of carbonyl (C=O) groups excluding carboxylic acids is 1. The first-order chi connectivity index (χ1) is 11.7. The highest BCUT2D eigenvalue weighted by Crippen LogP contribution is 2.24. The zero-order valence-electron chi connectivity index (χ0n) is 13.1. The fourth-order valence-electron chi connectivity index (χ4n) is 2.65. The summed E-state index contributed by atoms with van der Waals surface area (Å²) in [6, 6.07) is 15.3. The standard InChI is InChI=1S/C19H15N3OS/c1-13-5-2-3-8-16(13)18(23)20-15-7-4-6-14(11-15)17-12-22-9-10-24-19(22)21-17/h2-12H,1H3,(H,20,23). The Balaban J connectivity index is 1.62. The fourth-order valence-corrected chi connectivity index (χ4v) is 3.35. The SMILES string of the molecule is Cc1ccccc1C(=O)Nc1cccc(-c2cn3ccsc3n2)c1. The molecule has 0 aliphatic carbocycles. The number of amides is 1. The molecule has 2 aromatic carbocycles. The first-order valence-electron chi connectivity index (χ1n) is 7.60. The predicted molar refractivity (Wildman–Crippen MR) is 97.6 cm³/mol. The molecule has 0 aliphatic heterocycles. The number of nitrogens with zero attached hydrogens (tertiary/aromatic N) is 2. The topological polar surface area (TPSA) is 46.4 Å². The minimum Gasteiger partial charge on any atom is -0.322 e. The van der Waals surface area contributed by atoms with E-state index < -0.39 is 0 Å². The number of aromatic nitrogens is 2. The average molecular weight is 333 g/mol. The van der Waals surface area contributed by atoms with Crippen LogP contribution in [-0.2, 0) is 0 Å². The van der Waals surface area contributed by atoms with E-state index >= 15 is 0 Å². The van der Waals surface area contributed by atoms with E-state index in [2.05, 4.69) is 10.3 Å². The number of imidazole rings is 1. The number of aryl methyl sites for hydroxylation is 1. The monoisotopic (exact) mass is 333 g/mol. The van der Waals surface area contributed by atoms with E-state index in [1.165, 1.54) is 0 Å². The third-order valence-corrected chi connectivity index (χ3v) is 4.67. The number of fused-ring (bicyclic) bond motifs is 1. The molecule has 0 bridgehead atoms. The van der Waals surface area contributed by atoms with Crippen LogP contribution in [0.2, 0.25) is 0 Å². The molecule has 0 unspecified atom stereocenters. The number of nitrogens with one attached hydrogen (secondary N) is 1. The minimum absolute atomic E-state index is 0.101. The molecule has 0 saturated heterocycles. The Labute approximate surface area is 143 Å². The molecule has 2 aromatic heterocycles. The third-order valence-electron chi connectivity index (χ3n) is 3.90. The molecule has 5 heteroatoms. The molecule has 0 spiro atoms. The van der Waals surface area contributed by atoms with E-state index in [-0.39, 0.29) is 5.91 Å². The first kappa shape index (κ1) is 14.7. The highest BCUT2D eigenvalue weighted by atomic mass is 32.1. The van der Waals surface area contributed by atoms with Gasteiger partial charge in [-0.25, -0.2) is 4.98 Å². The van der Waals surface area contributed by atoms with Gasteiger partial charge in [-0.1, -0.05) is 30.3 Å². The Morgan fingerprint density at radius 1 is 1.17 bits per heavy atom. The van der Waals surface area contributed by atoms with Crippen molar-refractivity contribution in [1.82, 2.24) is 9.38 Å². The molecule has 0 aliphatic rings. The van der Waals surface area contributed by atoms with Crippen molar-refractivity contribution in [3.05, 3.63) is 77.4 Å². The molecule has 4 nitrogen and oxygen atoms in total. The highest BCUT2D eigenvalue weighted by Gasteiger charge is 2.10. The number of thiazole rings is 1. The van der Waals surface area contributed by atoms with Crippen molar-refractivity contribution in [2.45, 2.75) is 6.92 Å². The molecule has 118 valence electrons. The van der Waals surface area contributed by atoms with Gasteiger partial charge in [0.15, 0.2) is 4.96 Å². The second-order valence-corrected chi connectivity index (χ2v) is 6.44. The second kappa shape index (κ2) is 5.94. The summed E-state index contributed by atoms with van der Waals surface area (Å²) in [5.41, 5.74) is 4.28. The molecule has 4 aromatic rings.